The molecule has 0 aliphatic rings. The highest BCUT2D eigenvalue weighted by atomic mass is 28.4. The van der Waals surface area contributed by atoms with E-state index in [0.717, 1.165) is 24.1 Å². The van der Waals surface area contributed by atoms with Crippen LogP contribution < -0.4 is 0 Å². The van der Waals surface area contributed by atoms with E-state index in [9.17, 15) is 0 Å². The van der Waals surface area contributed by atoms with Crippen LogP contribution in [-0.4, -0.2) is 13.3 Å². The molecule has 2 nitrogen and oxygen atoms in total. The summed E-state index contributed by atoms with van der Waals surface area (Å²) in [6.45, 7) is 21.8. The third-order valence-electron chi connectivity index (χ3n) is 5.08. The predicted octanol–water partition coefficient (Wildman–Crippen LogP) is 6.92. The van der Waals surface area contributed by atoms with Crippen LogP contribution in [0.1, 0.15) is 71.7 Å². The van der Waals surface area contributed by atoms with Crippen LogP contribution in [0.15, 0.2) is 37.6 Å². The van der Waals surface area contributed by atoms with Gasteiger partial charge in [0.15, 0.2) is 0 Å². The number of nitrogens with zero attached hydrogens (tertiary/aromatic N) is 1. The summed E-state index contributed by atoms with van der Waals surface area (Å²) in [4.78, 5) is 4.66. The summed E-state index contributed by atoms with van der Waals surface area (Å²) >= 11 is 0. The average molecular weight is 346 g/mol. The summed E-state index contributed by atoms with van der Waals surface area (Å²) in [5.74, 6) is 0. The molecule has 0 bridgehead atoms. The van der Waals surface area contributed by atoms with Gasteiger partial charge >= 0.3 is 0 Å². The van der Waals surface area contributed by atoms with E-state index in [1.165, 1.54) is 0 Å². The summed E-state index contributed by atoms with van der Waals surface area (Å²) in [5.41, 5.74) is 3.76. The van der Waals surface area contributed by atoms with Crippen LogP contribution >= 0.6 is 0 Å². The Hall–Kier alpha value is -1.19. The fraction of sp³-hybridized carbons (Fsp3) is 0.571. The van der Waals surface area contributed by atoms with Gasteiger partial charge in [-0.3, -0.25) is 4.98 Å². The molecule has 3 heteroatoms. The van der Waals surface area contributed by atoms with E-state index < -0.39 is 8.32 Å². The minimum atomic E-state index is -1.97. The number of rotatable bonds is 10. The van der Waals surface area contributed by atoms with Gasteiger partial charge in [-0.05, 0) is 41.1 Å². The first kappa shape index (κ1) is 20.9. The van der Waals surface area contributed by atoms with Crippen LogP contribution in [0.5, 0.6) is 0 Å². The van der Waals surface area contributed by atoms with Gasteiger partial charge in [-0.15, -0.1) is 6.58 Å². The Labute approximate surface area is 150 Å². The molecule has 134 valence electrons. The molecule has 0 amide bonds. The lowest BCUT2D eigenvalue weighted by molar-refractivity contribution is 0.163. The highest BCUT2D eigenvalue weighted by Crippen LogP contribution is 2.46. The molecule has 0 aliphatic heterocycles. The third kappa shape index (κ3) is 4.45. The van der Waals surface area contributed by atoms with Crippen molar-refractivity contribution in [2.45, 2.75) is 77.1 Å². The van der Waals surface area contributed by atoms with Crippen LogP contribution in [0.2, 0.25) is 16.6 Å². The van der Waals surface area contributed by atoms with Crippen molar-refractivity contribution in [1.29, 1.82) is 0 Å². The fourth-order valence-electron chi connectivity index (χ4n) is 4.05. The molecule has 1 heterocycles. The molecule has 24 heavy (non-hydrogen) atoms. The van der Waals surface area contributed by atoms with Gasteiger partial charge in [0.1, 0.15) is 0 Å². The number of hydrogen-bond donors (Lipinski definition) is 0. The monoisotopic (exact) mass is 345 g/mol. The molecule has 0 aliphatic carbocycles. The minimum Gasteiger partial charge on any atom is -0.408 e. The van der Waals surface area contributed by atoms with Crippen molar-refractivity contribution in [3.63, 3.8) is 0 Å². The quantitative estimate of drug-likeness (QED) is 0.339. The molecule has 1 aromatic heterocycles. The maximum Gasteiger partial charge on any atom is 0.201 e. The van der Waals surface area contributed by atoms with Crippen LogP contribution in [-0.2, 0) is 4.43 Å². The maximum atomic E-state index is 7.03. The molecule has 0 saturated carbocycles. The maximum absolute atomic E-state index is 7.03. The highest BCUT2D eigenvalue weighted by molar-refractivity contribution is 6.77. The van der Waals surface area contributed by atoms with Gasteiger partial charge in [0.2, 0.25) is 8.32 Å². The van der Waals surface area contributed by atoms with Crippen molar-refractivity contribution in [3.8, 4) is 0 Å². The SMILES string of the molecule is C=CCCC(O[Si](C(C)C)(C(C)C)C(C)C)c1ncccc1C=C. The first-order valence-electron chi connectivity index (χ1n) is 9.17. The molecule has 1 rings (SSSR count). The lowest BCUT2D eigenvalue weighted by atomic mass is 10.1. The molecule has 0 aromatic carbocycles. The average Bonchev–Trinajstić information content (AvgIpc) is 2.54. The Morgan fingerprint density at radius 2 is 1.67 bits per heavy atom. The number of pyridine rings is 1. The van der Waals surface area contributed by atoms with E-state index in [2.05, 4.69) is 65.8 Å². The van der Waals surface area contributed by atoms with Gasteiger partial charge in [0, 0.05) is 6.20 Å². The van der Waals surface area contributed by atoms with Crippen molar-refractivity contribution in [3.05, 3.63) is 48.8 Å². The summed E-state index contributed by atoms with van der Waals surface area (Å²) in [7, 11) is -1.97. The van der Waals surface area contributed by atoms with Crippen molar-refractivity contribution in [2.24, 2.45) is 0 Å². The number of hydrogen-bond acceptors (Lipinski definition) is 2. The van der Waals surface area contributed by atoms with Crippen LogP contribution in [0.4, 0.5) is 0 Å². The van der Waals surface area contributed by atoms with Crippen molar-refractivity contribution < 1.29 is 4.43 Å². The number of allylic oxidation sites excluding steroid dienone is 1. The summed E-state index contributed by atoms with van der Waals surface area (Å²) in [6.07, 6.45) is 7.57. The normalized spacial score (nSPS) is 13.5. The van der Waals surface area contributed by atoms with Crippen molar-refractivity contribution in [1.82, 2.24) is 4.98 Å². The van der Waals surface area contributed by atoms with Crippen LogP contribution in [0.25, 0.3) is 6.08 Å². The van der Waals surface area contributed by atoms with Gasteiger partial charge in [-0.25, -0.2) is 0 Å². The molecular formula is C21H35NOSi. The van der Waals surface area contributed by atoms with Crippen molar-refractivity contribution >= 4 is 14.4 Å². The molecular weight excluding hydrogens is 310 g/mol. The zero-order chi connectivity index (χ0) is 18.3. The van der Waals surface area contributed by atoms with Crippen LogP contribution in [0.3, 0.4) is 0 Å². The highest BCUT2D eigenvalue weighted by Gasteiger charge is 2.47. The fourth-order valence-corrected chi connectivity index (χ4v) is 9.59. The second-order valence-corrected chi connectivity index (χ2v) is 12.9. The Kier molecular flexibility index (Phi) is 8.11. The molecule has 1 aromatic rings. The zero-order valence-electron chi connectivity index (χ0n) is 16.4. The van der Waals surface area contributed by atoms with E-state index in [4.69, 9.17) is 4.43 Å². The summed E-state index contributed by atoms with van der Waals surface area (Å²) in [6, 6.07) is 4.03. The Balaban J connectivity index is 3.33. The van der Waals surface area contributed by atoms with E-state index in [0.29, 0.717) is 16.6 Å². The van der Waals surface area contributed by atoms with Gasteiger partial charge in [0.05, 0.1) is 11.8 Å². The second-order valence-electron chi connectivity index (χ2n) is 7.47. The Morgan fingerprint density at radius 1 is 1.08 bits per heavy atom. The first-order valence-corrected chi connectivity index (χ1v) is 11.3. The standard InChI is InChI=1S/C21H35NOSi/c1-9-11-14-20(21-19(10-2)13-12-15-22-21)23-24(16(3)4,17(5)6)18(7)8/h9-10,12-13,15-18,20H,1-2,11,14H2,3-8H3. The first-order chi connectivity index (χ1) is 11.3. The summed E-state index contributed by atoms with van der Waals surface area (Å²) < 4.78 is 7.03. The molecule has 0 N–H and O–H groups in total. The molecule has 1 unspecified atom stereocenters. The minimum absolute atomic E-state index is 0.0102. The van der Waals surface area contributed by atoms with Gasteiger partial charge in [-0.2, -0.15) is 0 Å². The molecule has 0 fully saturated rings. The molecule has 0 spiro atoms. The van der Waals surface area contributed by atoms with E-state index >= 15 is 0 Å². The largest absolute Gasteiger partial charge is 0.408 e. The Bertz CT molecular complexity index is 515. The molecule has 0 saturated heterocycles. The molecule has 1 atom stereocenters. The third-order valence-corrected chi connectivity index (χ3v) is 11.2. The van der Waals surface area contributed by atoms with Crippen molar-refractivity contribution in [2.75, 3.05) is 0 Å². The van der Waals surface area contributed by atoms with E-state index in [-0.39, 0.29) is 6.10 Å². The predicted molar refractivity (Wildman–Crippen MR) is 109 cm³/mol. The summed E-state index contributed by atoms with van der Waals surface area (Å²) in [5, 5.41) is 0. The Morgan fingerprint density at radius 3 is 2.12 bits per heavy atom. The van der Waals surface area contributed by atoms with Gasteiger partial charge < -0.3 is 4.43 Å². The lowest BCUT2D eigenvalue weighted by Gasteiger charge is -2.44. The van der Waals surface area contributed by atoms with Crippen LogP contribution in [0, 0.1) is 0 Å². The lowest BCUT2D eigenvalue weighted by Crippen LogP contribution is -2.48. The zero-order valence-corrected chi connectivity index (χ0v) is 17.4. The topological polar surface area (TPSA) is 22.1 Å². The second kappa shape index (κ2) is 9.33. The van der Waals surface area contributed by atoms with E-state index in [1.54, 1.807) is 0 Å². The number of aromatic nitrogens is 1. The smallest absolute Gasteiger partial charge is 0.201 e. The van der Waals surface area contributed by atoms with Gasteiger partial charge in [0.25, 0.3) is 0 Å². The molecule has 0 radical (unpaired) electrons. The van der Waals surface area contributed by atoms with E-state index in [1.807, 2.05) is 24.4 Å². The van der Waals surface area contributed by atoms with Gasteiger partial charge in [-0.1, -0.05) is 66.3 Å².